The lowest BCUT2D eigenvalue weighted by atomic mass is 10.00. The topological polar surface area (TPSA) is 62.3 Å². The van der Waals surface area contributed by atoms with Crippen molar-refractivity contribution in [3.05, 3.63) is 30.1 Å². The maximum absolute atomic E-state index is 12.3. The third-order valence-electron chi connectivity index (χ3n) is 3.72. The molecule has 2 amide bonds. The average molecular weight is 275 g/mol. The lowest BCUT2D eigenvalue weighted by Gasteiger charge is -2.34. The van der Waals surface area contributed by atoms with Gasteiger partial charge in [0.25, 0.3) is 0 Å². The maximum Gasteiger partial charge on any atom is 0.242 e. The molecule has 0 saturated carbocycles. The molecule has 1 N–H and O–H groups in total. The van der Waals surface area contributed by atoms with E-state index in [1.165, 1.54) is 0 Å². The van der Waals surface area contributed by atoms with Gasteiger partial charge < -0.3 is 10.2 Å². The Balaban J connectivity index is 1.94. The number of likely N-dealkylation sites (tertiary alicyclic amines) is 1. The molecular formula is C15H21N3O2. The van der Waals surface area contributed by atoms with Crippen molar-refractivity contribution >= 4 is 11.8 Å². The normalized spacial score (nSPS) is 18.6. The molecule has 1 saturated heterocycles. The summed E-state index contributed by atoms with van der Waals surface area (Å²) in [7, 11) is 1.62. The molecule has 0 unspecified atom stereocenters. The van der Waals surface area contributed by atoms with Gasteiger partial charge in [0.2, 0.25) is 11.8 Å². The lowest BCUT2D eigenvalue weighted by Crippen LogP contribution is -2.51. The maximum atomic E-state index is 12.3. The lowest BCUT2D eigenvalue weighted by molar-refractivity contribution is -0.142. The van der Waals surface area contributed by atoms with Gasteiger partial charge in [-0.1, -0.05) is 6.07 Å². The minimum Gasteiger partial charge on any atom is -0.357 e. The molecule has 108 valence electrons. The number of carbonyl (C=O) groups is 2. The van der Waals surface area contributed by atoms with E-state index < -0.39 is 0 Å². The fourth-order valence-electron chi connectivity index (χ4n) is 2.61. The zero-order valence-corrected chi connectivity index (χ0v) is 11.8. The SMILES string of the molecule is CNC(=O)[C@@H]1CCCCN1C(=O)CCc1cccnc1. The van der Waals surface area contributed by atoms with Gasteiger partial charge in [-0.25, -0.2) is 0 Å². The molecule has 1 aliphatic rings. The van der Waals surface area contributed by atoms with Gasteiger partial charge in [-0.2, -0.15) is 0 Å². The summed E-state index contributed by atoms with van der Waals surface area (Å²) in [6, 6.07) is 3.54. The fourth-order valence-corrected chi connectivity index (χ4v) is 2.61. The summed E-state index contributed by atoms with van der Waals surface area (Å²) in [6.45, 7) is 0.684. The molecule has 0 aliphatic carbocycles. The van der Waals surface area contributed by atoms with E-state index in [1.807, 2.05) is 12.1 Å². The minimum absolute atomic E-state index is 0.0561. The zero-order chi connectivity index (χ0) is 14.4. The first kappa shape index (κ1) is 14.5. The van der Waals surface area contributed by atoms with Crippen molar-refractivity contribution in [2.45, 2.75) is 38.1 Å². The van der Waals surface area contributed by atoms with Crippen LogP contribution < -0.4 is 5.32 Å². The number of hydrogen-bond donors (Lipinski definition) is 1. The average Bonchev–Trinajstić information content (AvgIpc) is 2.52. The number of amides is 2. The van der Waals surface area contributed by atoms with Crippen LogP contribution >= 0.6 is 0 Å². The molecule has 1 atom stereocenters. The van der Waals surface area contributed by atoms with E-state index in [0.29, 0.717) is 19.4 Å². The van der Waals surface area contributed by atoms with E-state index in [2.05, 4.69) is 10.3 Å². The van der Waals surface area contributed by atoms with E-state index in [-0.39, 0.29) is 17.9 Å². The third kappa shape index (κ3) is 3.56. The number of nitrogens with one attached hydrogen (secondary N) is 1. The number of carbonyl (C=O) groups excluding carboxylic acids is 2. The number of rotatable bonds is 4. The van der Waals surface area contributed by atoms with Crippen molar-refractivity contribution in [3.63, 3.8) is 0 Å². The van der Waals surface area contributed by atoms with Gasteiger partial charge in [-0.3, -0.25) is 14.6 Å². The van der Waals surface area contributed by atoms with Crippen LogP contribution in [-0.2, 0) is 16.0 Å². The molecule has 1 aromatic rings. The van der Waals surface area contributed by atoms with Crippen molar-refractivity contribution in [1.82, 2.24) is 15.2 Å². The number of pyridine rings is 1. The van der Waals surface area contributed by atoms with E-state index in [1.54, 1.807) is 24.3 Å². The summed E-state index contributed by atoms with van der Waals surface area (Å²) in [4.78, 5) is 29.9. The molecule has 0 spiro atoms. The van der Waals surface area contributed by atoms with Gasteiger partial charge in [0.15, 0.2) is 0 Å². The van der Waals surface area contributed by atoms with Gasteiger partial charge in [-0.05, 0) is 37.3 Å². The van der Waals surface area contributed by atoms with Crippen LogP contribution in [-0.4, -0.2) is 41.3 Å². The molecule has 5 heteroatoms. The fraction of sp³-hybridized carbons (Fsp3) is 0.533. The van der Waals surface area contributed by atoms with Crippen LogP contribution in [0.15, 0.2) is 24.5 Å². The number of piperidine rings is 1. The monoisotopic (exact) mass is 275 g/mol. The van der Waals surface area contributed by atoms with Crippen molar-refractivity contribution in [3.8, 4) is 0 Å². The van der Waals surface area contributed by atoms with Crippen molar-refractivity contribution in [2.75, 3.05) is 13.6 Å². The number of aryl methyl sites for hydroxylation is 1. The molecule has 1 aliphatic heterocycles. The van der Waals surface area contributed by atoms with Gasteiger partial charge in [0, 0.05) is 32.4 Å². The Morgan fingerprint density at radius 3 is 3.00 bits per heavy atom. The smallest absolute Gasteiger partial charge is 0.242 e. The van der Waals surface area contributed by atoms with E-state index in [0.717, 1.165) is 24.8 Å². The molecule has 5 nitrogen and oxygen atoms in total. The second-order valence-electron chi connectivity index (χ2n) is 5.07. The van der Waals surface area contributed by atoms with E-state index >= 15 is 0 Å². The molecule has 2 heterocycles. The van der Waals surface area contributed by atoms with Gasteiger partial charge in [0.05, 0.1) is 0 Å². The summed E-state index contributed by atoms with van der Waals surface area (Å²) in [5.41, 5.74) is 1.05. The van der Waals surface area contributed by atoms with Gasteiger partial charge in [-0.15, -0.1) is 0 Å². The number of likely N-dealkylation sites (N-methyl/N-ethyl adjacent to an activating group) is 1. The predicted molar refractivity (Wildman–Crippen MR) is 76.0 cm³/mol. The van der Waals surface area contributed by atoms with Crippen LogP contribution in [0.1, 0.15) is 31.2 Å². The van der Waals surface area contributed by atoms with Crippen LogP contribution in [0.25, 0.3) is 0 Å². The third-order valence-corrected chi connectivity index (χ3v) is 3.72. The number of hydrogen-bond acceptors (Lipinski definition) is 3. The van der Waals surface area contributed by atoms with E-state index in [9.17, 15) is 9.59 Å². The summed E-state index contributed by atoms with van der Waals surface area (Å²) < 4.78 is 0. The van der Waals surface area contributed by atoms with E-state index in [4.69, 9.17) is 0 Å². The van der Waals surface area contributed by atoms with Crippen molar-refractivity contribution in [1.29, 1.82) is 0 Å². The first-order chi connectivity index (χ1) is 9.72. The summed E-state index contributed by atoms with van der Waals surface area (Å²) >= 11 is 0. The summed E-state index contributed by atoms with van der Waals surface area (Å²) in [5.74, 6) is 0.00146. The highest BCUT2D eigenvalue weighted by molar-refractivity contribution is 5.87. The second-order valence-corrected chi connectivity index (χ2v) is 5.07. The molecular weight excluding hydrogens is 254 g/mol. The highest BCUT2D eigenvalue weighted by Crippen LogP contribution is 2.18. The van der Waals surface area contributed by atoms with Crippen LogP contribution in [0, 0.1) is 0 Å². The summed E-state index contributed by atoms with van der Waals surface area (Å²) in [6.07, 6.45) is 7.34. The van der Waals surface area contributed by atoms with Crippen molar-refractivity contribution in [2.24, 2.45) is 0 Å². The van der Waals surface area contributed by atoms with Crippen LogP contribution in [0.5, 0.6) is 0 Å². The first-order valence-electron chi connectivity index (χ1n) is 7.12. The summed E-state index contributed by atoms with van der Waals surface area (Å²) in [5, 5.41) is 2.65. The first-order valence-corrected chi connectivity index (χ1v) is 7.12. The van der Waals surface area contributed by atoms with Crippen LogP contribution in [0.3, 0.4) is 0 Å². The quantitative estimate of drug-likeness (QED) is 0.896. The highest BCUT2D eigenvalue weighted by Gasteiger charge is 2.30. The van der Waals surface area contributed by atoms with Gasteiger partial charge >= 0.3 is 0 Å². The predicted octanol–water partition coefficient (Wildman–Crippen LogP) is 1.14. The Bertz CT molecular complexity index is 461. The van der Waals surface area contributed by atoms with Crippen molar-refractivity contribution < 1.29 is 9.59 Å². The molecule has 0 radical (unpaired) electrons. The highest BCUT2D eigenvalue weighted by atomic mass is 16.2. The second kappa shape index (κ2) is 7.03. The molecule has 20 heavy (non-hydrogen) atoms. The molecule has 0 aromatic carbocycles. The number of aromatic nitrogens is 1. The minimum atomic E-state index is -0.296. The molecule has 1 fully saturated rings. The molecule has 2 rings (SSSR count). The Hall–Kier alpha value is -1.91. The Labute approximate surface area is 119 Å². The molecule has 0 bridgehead atoms. The Morgan fingerprint density at radius 1 is 1.45 bits per heavy atom. The zero-order valence-electron chi connectivity index (χ0n) is 11.8. The van der Waals surface area contributed by atoms with Gasteiger partial charge in [0.1, 0.15) is 6.04 Å². The largest absolute Gasteiger partial charge is 0.357 e. The van der Waals surface area contributed by atoms with Crippen LogP contribution in [0.4, 0.5) is 0 Å². The van der Waals surface area contributed by atoms with Crippen LogP contribution in [0.2, 0.25) is 0 Å². The Kier molecular flexibility index (Phi) is 5.09. The Morgan fingerprint density at radius 2 is 2.30 bits per heavy atom. The standard InChI is InChI=1S/C15H21N3O2/c1-16-15(20)13-6-2-3-10-18(13)14(19)8-7-12-5-4-9-17-11-12/h4-5,9,11,13H,2-3,6-8,10H2,1H3,(H,16,20)/t13-/m0/s1. The molecule has 1 aromatic heterocycles. The number of nitrogens with zero attached hydrogens (tertiary/aromatic N) is 2.